The Kier molecular flexibility index (Phi) is 4.38. The van der Waals surface area contributed by atoms with Crippen molar-refractivity contribution in [2.24, 2.45) is 0 Å². The van der Waals surface area contributed by atoms with Gasteiger partial charge in [0.15, 0.2) is 0 Å². The van der Waals surface area contributed by atoms with Crippen molar-refractivity contribution in [3.05, 3.63) is 29.3 Å². The third-order valence-electron chi connectivity index (χ3n) is 2.63. The van der Waals surface area contributed by atoms with Crippen LogP contribution in [-0.2, 0) is 0 Å². The molecule has 3 heteroatoms. The van der Waals surface area contributed by atoms with E-state index in [1.807, 2.05) is 39.0 Å². The van der Waals surface area contributed by atoms with Crippen molar-refractivity contribution in [2.75, 3.05) is 7.11 Å². The molecule has 0 heterocycles. The number of carbonyl (C=O) groups is 1. The maximum atomic E-state index is 12.1. The van der Waals surface area contributed by atoms with Crippen LogP contribution in [-0.4, -0.2) is 18.6 Å². The van der Waals surface area contributed by atoms with Gasteiger partial charge in [-0.25, -0.2) is 0 Å². The van der Waals surface area contributed by atoms with E-state index >= 15 is 0 Å². The summed E-state index contributed by atoms with van der Waals surface area (Å²) in [5.74, 6) is 0.941. The van der Waals surface area contributed by atoms with Gasteiger partial charge in [0.25, 0.3) is 5.91 Å². The van der Waals surface area contributed by atoms with Crippen LogP contribution in [0.5, 0.6) is 5.75 Å². The summed E-state index contributed by atoms with van der Waals surface area (Å²) in [7, 11) is 1.59. The zero-order valence-electron chi connectivity index (χ0n) is 12.1. The lowest BCUT2D eigenvalue weighted by Crippen LogP contribution is -2.40. The van der Waals surface area contributed by atoms with Gasteiger partial charge in [0.1, 0.15) is 5.75 Å². The number of nitrogens with one attached hydrogen (secondary N) is 1. The summed E-state index contributed by atoms with van der Waals surface area (Å²) in [5.41, 5.74) is 1.50. The lowest BCUT2D eigenvalue weighted by atomic mass is 10.00. The van der Waals surface area contributed by atoms with Crippen molar-refractivity contribution in [1.29, 1.82) is 0 Å². The van der Waals surface area contributed by atoms with E-state index in [-0.39, 0.29) is 11.4 Å². The van der Waals surface area contributed by atoms with Crippen LogP contribution in [0, 0.1) is 0 Å². The zero-order chi connectivity index (χ0) is 13.9. The summed E-state index contributed by atoms with van der Waals surface area (Å²) in [4.78, 5) is 12.1. The molecule has 0 fully saturated rings. The fourth-order valence-corrected chi connectivity index (χ4v) is 1.66. The van der Waals surface area contributed by atoms with Crippen molar-refractivity contribution in [3.63, 3.8) is 0 Å². The van der Waals surface area contributed by atoms with Crippen LogP contribution in [0.3, 0.4) is 0 Å². The minimum atomic E-state index is -0.251. The lowest BCUT2D eigenvalue weighted by Gasteiger charge is -2.21. The first-order valence-corrected chi connectivity index (χ1v) is 6.25. The van der Waals surface area contributed by atoms with Crippen molar-refractivity contribution < 1.29 is 9.53 Å². The molecule has 0 unspecified atom stereocenters. The topological polar surface area (TPSA) is 38.3 Å². The fourth-order valence-electron chi connectivity index (χ4n) is 1.66. The maximum absolute atomic E-state index is 12.1. The number of methoxy groups -OCH3 is 1. The molecule has 0 aliphatic rings. The van der Waals surface area contributed by atoms with E-state index in [0.717, 1.165) is 0 Å². The molecule has 0 saturated carbocycles. The molecule has 0 bridgehead atoms. The van der Waals surface area contributed by atoms with Crippen LogP contribution in [0.4, 0.5) is 0 Å². The van der Waals surface area contributed by atoms with Gasteiger partial charge in [0, 0.05) is 5.54 Å². The van der Waals surface area contributed by atoms with Gasteiger partial charge in [-0.15, -0.1) is 0 Å². The number of amides is 1. The number of rotatable bonds is 3. The lowest BCUT2D eigenvalue weighted by molar-refractivity contribution is 0.0916. The summed E-state index contributed by atoms with van der Waals surface area (Å²) < 4.78 is 5.31. The highest BCUT2D eigenvalue weighted by Crippen LogP contribution is 2.25. The van der Waals surface area contributed by atoms with E-state index in [1.165, 1.54) is 5.56 Å². The predicted octanol–water partition coefficient (Wildman–Crippen LogP) is 3.35. The molecular weight excluding hydrogens is 226 g/mol. The Morgan fingerprint density at radius 3 is 2.33 bits per heavy atom. The summed E-state index contributed by atoms with van der Waals surface area (Å²) in [6.45, 7) is 10.1. The monoisotopic (exact) mass is 249 g/mol. The molecule has 3 nitrogen and oxygen atoms in total. The summed E-state index contributed by atoms with van der Waals surface area (Å²) in [6.07, 6.45) is 0. The van der Waals surface area contributed by atoms with Gasteiger partial charge >= 0.3 is 0 Å². The van der Waals surface area contributed by atoms with Gasteiger partial charge in [0.05, 0.1) is 12.7 Å². The predicted molar refractivity (Wildman–Crippen MR) is 74.3 cm³/mol. The SMILES string of the molecule is COc1cc(C(C)C)ccc1C(=O)NC(C)(C)C. The Labute approximate surface area is 110 Å². The van der Waals surface area contributed by atoms with E-state index in [9.17, 15) is 4.79 Å². The summed E-state index contributed by atoms with van der Waals surface area (Å²) >= 11 is 0. The molecular formula is C15H23NO2. The molecule has 1 aromatic carbocycles. The first kappa shape index (κ1) is 14.6. The minimum Gasteiger partial charge on any atom is -0.496 e. The quantitative estimate of drug-likeness (QED) is 0.892. The Morgan fingerprint density at radius 2 is 1.89 bits per heavy atom. The minimum absolute atomic E-state index is 0.102. The molecule has 1 aromatic rings. The van der Waals surface area contributed by atoms with Crippen LogP contribution in [0.15, 0.2) is 18.2 Å². The number of carbonyl (C=O) groups excluding carboxylic acids is 1. The van der Waals surface area contributed by atoms with E-state index in [4.69, 9.17) is 4.74 Å². The van der Waals surface area contributed by atoms with E-state index in [0.29, 0.717) is 17.2 Å². The van der Waals surface area contributed by atoms with E-state index < -0.39 is 0 Å². The molecule has 0 saturated heterocycles. The molecule has 1 amide bonds. The third kappa shape index (κ3) is 3.76. The van der Waals surface area contributed by atoms with Crippen LogP contribution in [0.25, 0.3) is 0 Å². The Morgan fingerprint density at radius 1 is 1.28 bits per heavy atom. The van der Waals surface area contributed by atoms with Crippen molar-refractivity contribution in [1.82, 2.24) is 5.32 Å². The first-order valence-electron chi connectivity index (χ1n) is 6.25. The van der Waals surface area contributed by atoms with Crippen LogP contribution >= 0.6 is 0 Å². The van der Waals surface area contributed by atoms with E-state index in [2.05, 4.69) is 19.2 Å². The standard InChI is InChI=1S/C15H23NO2/c1-10(2)11-7-8-12(13(9-11)18-6)14(17)16-15(3,4)5/h7-10H,1-6H3,(H,16,17). The Balaban J connectivity index is 3.06. The van der Waals surface area contributed by atoms with Gasteiger partial charge in [-0.2, -0.15) is 0 Å². The van der Waals surface area contributed by atoms with Gasteiger partial charge in [-0.05, 0) is 44.4 Å². The number of ether oxygens (including phenoxy) is 1. The highest BCUT2D eigenvalue weighted by atomic mass is 16.5. The second-order valence-corrected chi connectivity index (χ2v) is 5.82. The van der Waals surface area contributed by atoms with Gasteiger partial charge in [-0.1, -0.05) is 19.9 Å². The fraction of sp³-hybridized carbons (Fsp3) is 0.533. The van der Waals surface area contributed by atoms with Crippen molar-refractivity contribution >= 4 is 5.91 Å². The average molecular weight is 249 g/mol. The second kappa shape index (κ2) is 5.42. The zero-order valence-corrected chi connectivity index (χ0v) is 12.1. The Bertz CT molecular complexity index is 431. The van der Waals surface area contributed by atoms with E-state index in [1.54, 1.807) is 7.11 Å². The van der Waals surface area contributed by atoms with Gasteiger partial charge in [0.2, 0.25) is 0 Å². The Hall–Kier alpha value is -1.51. The summed E-state index contributed by atoms with van der Waals surface area (Å²) in [6, 6.07) is 5.74. The molecule has 0 radical (unpaired) electrons. The number of benzene rings is 1. The van der Waals surface area contributed by atoms with Gasteiger partial charge < -0.3 is 10.1 Å². The number of hydrogen-bond donors (Lipinski definition) is 1. The molecule has 18 heavy (non-hydrogen) atoms. The smallest absolute Gasteiger partial charge is 0.255 e. The molecule has 1 rings (SSSR count). The second-order valence-electron chi connectivity index (χ2n) is 5.82. The molecule has 0 atom stereocenters. The van der Waals surface area contributed by atoms with Crippen molar-refractivity contribution in [2.45, 2.75) is 46.1 Å². The maximum Gasteiger partial charge on any atom is 0.255 e. The third-order valence-corrected chi connectivity index (χ3v) is 2.63. The highest BCUT2D eigenvalue weighted by Gasteiger charge is 2.19. The molecule has 1 N–H and O–H groups in total. The first-order chi connectivity index (χ1) is 8.24. The average Bonchev–Trinajstić information content (AvgIpc) is 2.25. The highest BCUT2D eigenvalue weighted by molar-refractivity contribution is 5.97. The van der Waals surface area contributed by atoms with Crippen LogP contribution in [0.2, 0.25) is 0 Å². The summed E-state index contributed by atoms with van der Waals surface area (Å²) in [5, 5.41) is 2.94. The normalized spacial score (nSPS) is 11.5. The molecule has 0 spiro atoms. The largest absolute Gasteiger partial charge is 0.496 e. The van der Waals surface area contributed by atoms with Crippen molar-refractivity contribution in [3.8, 4) is 5.75 Å². The van der Waals surface area contributed by atoms with Crippen LogP contribution in [0.1, 0.15) is 56.5 Å². The molecule has 100 valence electrons. The molecule has 0 aromatic heterocycles. The molecule has 0 aliphatic carbocycles. The van der Waals surface area contributed by atoms with Crippen LogP contribution < -0.4 is 10.1 Å². The number of hydrogen-bond acceptors (Lipinski definition) is 2. The van der Waals surface area contributed by atoms with Gasteiger partial charge in [-0.3, -0.25) is 4.79 Å². The molecule has 0 aliphatic heterocycles.